The van der Waals surface area contributed by atoms with Gasteiger partial charge in [-0.25, -0.2) is 0 Å². The minimum atomic E-state index is -0.473. The molecule has 3 nitrogen and oxygen atoms in total. The topological polar surface area (TPSA) is 38.0 Å². The molecule has 0 aliphatic carbocycles. The number of halogens is 1. The van der Waals surface area contributed by atoms with E-state index in [1.807, 2.05) is 4.68 Å². The number of hydrogen-bond donors (Lipinski definition) is 1. The molecular formula is C12H21BrN2O. The van der Waals surface area contributed by atoms with Gasteiger partial charge in [-0.15, -0.1) is 0 Å². The van der Waals surface area contributed by atoms with E-state index in [0.29, 0.717) is 0 Å². The maximum Gasteiger partial charge on any atom is 0.0973 e. The van der Waals surface area contributed by atoms with Crippen LogP contribution in [0.15, 0.2) is 10.7 Å². The molecule has 1 atom stereocenters. The molecule has 92 valence electrons. The Kier molecular flexibility index (Phi) is 4.18. The van der Waals surface area contributed by atoms with Gasteiger partial charge in [-0.3, -0.25) is 4.68 Å². The molecule has 4 heteroatoms. The lowest BCUT2D eigenvalue weighted by molar-refractivity contribution is 0.111. The van der Waals surface area contributed by atoms with Crippen molar-refractivity contribution in [1.29, 1.82) is 0 Å². The molecule has 1 heterocycles. The predicted octanol–water partition coefficient (Wildman–Crippen LogP) is 3.70. The van der Waals surface area contributed by atoms with Crippen molar-refractivity contribution in [3.63, 3.8) is 0 Å². The zero-order chi connectivity index (χ0) is 12.5. The van der Waals surface area contributed by atoms with Crippen LogP contribution in [0.1, 0.15) is 58.9 Å². The van der Waals surface area contributed by atoms with E-state index in [9.17, 15) is 5.11 Å². The molecule has 0 aliphatic rings. The second-order valence-electron chi connectivity index (χ2n) is 5.70. The first kappa shape index (κ1) is 13.7. The fraction of sp³-hybridized carbons (Fsp3) is 0.750. The maximum atomic E-state index is 10.3. The Bertz CT molecular complexity index is 352. The average molecular weight is 289 g/mol. The van der Waals surface area contributed by atoms with Crippen LogP contribution in [0.4, 0.5) is 0 Å². The lowest BCUT2D eigenvalue weighted by atomic mass is 9.88. The minimum Gasteiger partial charge on any atom is -0.387 e. The third kappa shape index (κ3) is 3.32. The van der Waals surface area contributed by atoms with Crippen molar-refractivity contribution in [2.45, 2.75) is 53.2 Å². The van der Waals surface area contributed by atoms with Crippen LogP contribution in [-0.2, 0) is 0 Å². The maximum absolute atomic E-state index is 10.3. The Labute approximate surface area is 106 Å². The molecule has 1 unspecified atom stereocenters. The van der Waals surface area contributed by atoms with E-state index >= 15 is 0 Å². The average Bonchev–Trinajstić information content (AvgIpc) is 2.43. The third-order valence-electron chi connectivity index (χ3n) is 2.40. The molecule has 0 fully saturated rings. The molecule has 0 saturated carbocycles. The first-order chi connectivity index (χ1) is 7.22. The lowest BCUT2D eigenvalue weighted by Crippen LogP contribution is -2.17. The highest BCUT2D eigenvalue weighted by atomic mass is 79.9. The summed E-state index contributed by atoms with van der Waals surface area (Å²) >= 11 is 3.45. The number of aliphatic hydroxyl groups is 1. The van der Waals surface area contributed by atoms with Gasteiger partial charge in [0.15, 0.2) is 0 Å². The van der Waals surface area contributed by atoms with Gasteiger partial charge in [-0.2, -0.15) is 5.10 Å². The molecule has 0 bridgehead atoms. The van der Waals surface area contributed by atoms with E-state index in [0.717, 1.165) is 16.6 Å². The molecule has 0 aliphatic heterocycles. The Balaban J connectivity index is 2.98. The summed E-state index contributed by atoms with van der Waals surface area (Å²) in [6.07, 6.45) is 2.00. The van der Waals surface area contributed by atoms with E-state index in [-0.39, 0.29) is 11.5 Å². The normalized spacial score (nSPS) is 14.5. The smallest absolute Gasteiger partial charge is 0.0973 e. The van der Waals surface area contributed by atoms with E-state index in [2.05, 4.69) is 55.6 Å². The van der Waals surface area contributed by atoms with Gasteiger partial charge in [-0.05, 0) is 41.6 Å². The van der Waals surface area contributed by atoms with Crippen LogP contribution >= 0.6 is 15.9 Å². The molecule has 1 rings (SSSR count). The molecule has 1 aromatic heterocycles. The van der Waals surface area contributed by atoms with Gasteiger partial charge in [0.2, 0.25) is 0 Å². The van der Waals surface area contributed by atoms with Crippen LogP contribution in [-0.4, -0.2) is 14.9 Å². The first-order valence-electron chi connectivity index (χ1n) is 5.63. The quantitative estimate of drug-likeness (QED) is 0.921. The summed E-state index contributed by atoms with van der Waals surface area (Å²) < 4.78 is 2.76. The van der Waals surface area contributed by atoms with Gasteiger partial charge in [0.25, 0.3) is 0 Å². The van der Waals surface area contributed by atoms with Gasteiger partial charge >= 0.3 is 0 Å². The van der Waals surface area contributed by atoms with Crippen LogP contribution in [0.5, 0.6) is 0 Å². The summed E-state index contributed by atoms with van der Waals surface area (Å²) in [7, 11) is 0. The number of aliphatic hydroxyl groups excluding tert-OH is 1. The van der Waals surface area contributed by atoms with Crippen molar-refractivity contribution in [1.82, 2.24) is 9.78 Å². The van der Waals surface area contributed by atoms with Gasteiger partial charge in [-0.1, -0.05) is 20.8 Å². The van der Waals surface area contributed by atoms with Gasteiger partial charge in [0.05, 0.1) is 22.5 Å². The fourth-order valence-corrected chi connectivity index (χ4v) is 2.29. The second kappa shape index (κ2) is 4.88. The number of rotatable bonds is 3. The van der Waals surface area contributed by atoms with Crippen LogP contribution in [0.3, 0.4) is 0 Å². The number of hydrogen-bond acceptors (Lipinski definition) is 2. The molecule has 16 heavy (non-hydrogen) atoms. The van der Waals surface area contributed by atoms with E-state index in [1.54, 1.807) is 6.20 Å². The van der Waals surface area contributed by atoms with Crippen molar-refractivity contribution in [2.75, 3.05) is 0 Å². The highest BCUT2D eigenvalue weighted by Crippen LogP contribution is 2.33. The van der Waals surface area contributed by atoms with Gasteiger partial charge < -0.3 is 5.11 Å². The lowest BCUT2D eigenvalue weighted by Gasteiger charge is -2.24. The van der Waals surface area contributed by atoms with E-state index in [1.165, 1.54) is 0 Å². The number of aromatic nitrogens is 2. The van der Waals surface area contributed by atoms with Crippen molar-refractivity contribution >= 4 is 15.9 Å². The van der Waals surface area contributed by atoms with Crippen molar-refractivity contribution in [3.05, 3.63) is 16.4 Å². The Morgan fingerprint density at radius 2 is 2.00 bits per heavy atom. The second-order valence-corrected chi connectivity index (χ2v) is 6.55. The molecule has 0 aromatic carbocycles. The zero-order valence-corrected chi connectivity index (χ0v) is 12.2. The van der Waals surface area contributed by atoms with Gasteiger partial charge in [0, 0.05) is 6.04 Å². The molecule has 0 radical (unpaired) electrons. The minimum absolute atomic E-state index is 0.102. The van der Waals surface area contributed by atoms with Crippen molar-refractivity contribution in [2.24, 2.45) is 5.41 Å². The van der Waals surface area contributed by atoms with Crippen LogP contribution in [0.2, 0.25) is 0 Å². The zero-order valence-electron chi connectivity index (χ0n) is 10.7. The third-order valence-corrected chi connectivity index (χ3v) is 3.01. The molecule has 0 spiro atoms. The highest BCUT2D eigenvalue weighted by Gasteiger charge is 2.24. The first-order valence-corrected chi connectivity index (χ1v) is 6.42. The largest absolute Gasteiger partial charge is 0.387 e. The van der Waals surface area contributed by atoms with Crippen LogP contribution in [0, 0.1) is 5.41 Å². The molecule has 0 amide bonds. The summed E-state index contributed by atoms with van der Waals surface area (Å²) in [5.74, 6) is 0. The SMILES string of the molecule is CC(C)n1ncc(Br)c1C(O)CC(C)(C)C. The standard InChI is InChI=1S/C12H21BrN2O/c1-8(2)15-11(9(13)7-14-15)10(16)6-12(3,4)5/h7-8,10,16H,6H2,1-5H3. The molecular weight excluding hydrogens is 268 g/mol. The van der Waals surface area contributed by atoms with E-state index < -0.39 is 6.10 Å². The van der Waals surface area contributed by atoms with Crippen LogP contribution < -0.4 is 0 Å². The monoisotopic (exact) mass is 288 g/mol. The highest BCUT2D eigenvalue weighted by molar-refractivity contribution is 9.10. The van der Waals surface area contributed by atoms with Crippen LogP contribution in [0.25, 0.3) is 0 Å². The molecule has 1 aromatic rings. The Morgan fingerprint density at radius 3 is 2.44 bits per heavy atom. The van der Waals surface area contributed by atoms with Crippen molar-refractivity contribution in [3.8, 4) is 0 Å². The summed E-state index contributed by atoms with van der Waals surface area (Å²) in [6, 6.07) is 0.260. The summed E-state index contributed by atoms with van der Waals surface area (Å²) in [5.41, 5.74) is 0.982. The van der Waals surface area contributed by atoms with Crippen molar-refractivity contribution < 1.29 is 5.11 Å². The number of nitrogens with zero attached hydrogens (tertiary/aromatic N) is 2. The van der Waals surface area contributed by atoms with E-state index in [4.69, 9.17) is 0 Å². The summed E-state index contributed by atoms with van der Waals surface area (Å²) in [4.78, 5) is 0. The fourth-order valence-electron chi connectivity index (χ4n) is 1.75. The van der Waals surface area contributed by atoms with Gasteiger partial charge in [0.1, 0.15) is 0 Å². The molecule has 1 N–H and O–H groups in total. The summed E-state index contributed by atoms with van der Waals surface area (Å²) in [6.45, 7) is 10.5. The summed E-state index contributed by atoms with van der Waals surface area (Å²) in [5, 5.41) is 14.5. The Morgan fingerprint density at radius 1 is 1.44 bits per heavy atom. The predicted molar refractivity (Wildman–Crippen MR) is 69.3 cm³/mol. The Hall–Kier alpha value is -0.350. The molecule has 0 saturated heterocycles.